The van der Waals surface area contributed by atoms with Crippen LogP contribution in [0.25, 0.3) is 0 Å². The molecule has 0 radical (unpaired) electrons. The fourth-order valence-electron chi connectivity index (χ4n) is 2.82. The average Bonchev–Trinajstić information content (AvgIpc) is 2.64. The van der Waals surface area contributed by atoms with Gasteiger partial charge in [-0.15, -0.1) is 11.8 Å². The zero-order chi connectivity index (χ0) is 18.6. The molecule has 1 aliphatic heterocycles. The second kappa shape index (κ2) is 8.47. The topological polar surface area (TPSA) is 40.6 Å². The lowest BCUT2D eigenvalue weighted by atomic mass is 10.3. The van der Waals surface area contributed by atoms with E-state index in [9.17, 15) is 17.2 Å². The maximum Gasteiger partial charge on any atom is 0.243 e. The molecule has 0 N–H and O–H groups in total. The van der Waals surface area contributed by atoms with Gasteiger partial charge in [-0.2, -0.15) is 4.31 Å². The summed E-state index contributed by atoms with van der Waals surface area (Å²) in [6.07, 6.45) is 0. The van der Waals surface area contributed by atoms with Crippen molar-refractivity contribution in [1.29, 1.82) is 0 Å². The van der Waals surface area contributed by atoms with Crippen LogP contribution < -0.4 is 0 Å². The van der Waals surface area contributed by atoms with Crippen LogP contribution in [0.4, 0.5) is 8.78 Å². The van der Waals surface area contributed by atoms with Crippen LogP contribution in [0.2, 0.25) is 0 Å². The monoisotopic (exact) mass is 398 g/mol. The molecule has 0 unspecified atom stereocenters. The minimum Gasteiger partial charge on any atom is -0.300 e. The molecule has 1 heterocycles. The minimum absolute atomic E-state index is 0.0129. The molecule has 0 spiro atoms. The summed E-state index contributed by atoms with van der Waals surface area (Å²) >= 11 is 1.46. The van der Waals surface area contributed by atoms with E-state index in [0.29, 0.717) is 31.1 Å². The third-order valence-electron chi connectivity index (χ3n) is 4.27. The molecule has 26 heavy (non-hydrogen) atoms. The molecule has 0 amide bonds. The number of thioether (sulfide) groups is 1. The number of sulfonamides is 1. The Morgan fingerprint density at radius 2 is 1.69 bits per heavy atom. The fourth-order valence-corrected chi connectivity index (χ4v) is 5.22. The van der Waals surface area contributed by atoms with E-state index in [1.54, 1.807) is 12.1 Å². The molecule has 0 aromatic heterocycles. The van der Waals surface area contributed by atoms with E-state index in [1.807, 2.05) is 6.07 Å². The lowest BCUT2D eigenvalue weighted by Gasteiger charge is -2.33. The second-order valence-electron chi connectivity index (χ2n) is 5.98. The zero-order valence-corrected chi connectivity index (χ0v) is 15.8. The number of benzene rings is 2. The summed E-state index contributed by atoms with van der Waals surface area (Å²) < 4.78 is 53.5. The van der Waals surface area contributed by atoms with Crippen LogP contribution in [0.15, 0.2) is 58.3 Å². The highest BCUT2D eigenvalue weighted by atomic mass is 32.2. The third-order valence-corrected chi connectivity index (χ3v) is 7.19. The first-order chi connectivity index (χ1) is 12.5. The summed E-state index contributed by atoms with van der Waals surface area (Å²) in [5, 5.41) is 0. The highest BCUT2D eigenvalue weighted by Gasteiger charge is 2.28. The van der Waals surface area contributed by atoms with Gasteiger partial charge >= 0.3 is 0 Å². The molecule has 3 rings (SSSR count). The molecule has 4 nitrogen and oxygen atoms in total. The molecule has 0 atom stereocenters. The van der Waals surface area contributed by atoms with Gasteiger partial charge in [0.1, 0.15) is 11.6 Å². The number of rotatable bonds is 6. The first-order valence-electron chi connectivity index (χ1n) is 8.32. The quantitative estimate of drug-likeness (QED) is 0.702. The van der Waals surface area contributed by atoms with Crippen LogP contribution in [0.1, 0.15) is 0 Å². The van der Waals surface area contributed by atoms with Crippen molar-refractivity contribution in [2.75, 3.05) is 38.5 Å². The van der Waals surface area contributed by atoms with Crippen LogP contribution in [-0.4, -0.2) is 56.1 Å². The molecule has 140 valence electrons. The number of piperazine rings is 1. The first kappa shape index (κ1) is 19.3. The Kier molecular flexibility index (Phi) is 6.29. The molecular formula is C18H20F2N2O2S2. The van der Waals surface area contributed by atoms with Gasteiger partial charge < -0.3 is 0 Å². The van der Waals surface area contributed by atoms with E-state index >= 15 is 0 Å². The maximum absolute atomic E-state index is 13.6. The molecular weight excluding hydrogens is 378 g/mol. The van der Waals surface area contributed by atoms with Gasteiger partial charge in [0.2, 0.25) is 10.0 Å². The van der Waals surface area contributed by atoms with Crippen molar-refractivity contribution < 1.29 is 17.2 Å². The van der Waals surface area contributed by atoms with Crippen LogP contribution in [0.5, 0.6) is 0 Å². The fraction of sp³-hybridized carbons (Fsp3) is 0.333. The molecule has 2 aromatic carbocycles. The largest absolute Gasteiger partial charge is 0.300 e. The second-order valence-corrected chi connectivity index (χ2v) is 9.06. The Balaban J connectivity index is 1.50. The van der Waals surface area contributed by atoms with Crippen LogP contribution in [0, 0.1) is 11.6 Å². The smallest absolute Gasteiger partial charge is 0.243 e. The maximum atomic E-state index is 13.6. The summed E-state index contributed by atoms with van der Waals surface area (Å²) in [5.41, 5.74) is 0. The Hall–Kier alpha value is -1.48. The standard InChI is InChI=1S/C18H20F2N2O2S2/c19-15-4-3-5-16(14-15)26(23,24)22-10-8-21(9-11-22)12-13-25-18-7-2-1-6-17(18)20/h1-7,14H,8-13H2. The normalized spacial score (nSPS) is 16.7. The molecule has 1 saturated heterocycles. The van der Waals surface area contributed by atoms with Gasteiger partial charge in [0.15, 0.2) is 0 Å². The Labute approximate surface area is 156 Å². The van der Waals surface area contributed by atoms with Gasteiger partial charge in [0.25, 0.3) is 0 Å². The highest BCUT2D eigenvalue weighted by Crippen LogP contribution is 2.22. The molecule has 2 aromatic rings. The SMILES string of the molecule is O=S(=O)(c1cccc(F)c1)N1CCN(CCSc2ccccc2F)CC1. The van der Waals surface area contributed by atoms with E-state index < -0.39 is 15.8 Å². The van der Waals surface area contributed by atoms with Crippen molar-refractivity contribution in [2.45, 2.75) is 9.79 Å². The van der Waals surface area contributed by atoms with Crippen molar-refractivity contribution in [3.63, 3.8) is 0 Å². The third kappa shape index (κ3) is 4.62. The highest BCUT2D eigenvalue weighted by molar-refractivity contribution is 7.99. The number of hydrogen-bond donors (Lipinski definition) is 0. The Morgan fingerprint density at radius 3 is 2.38 bits per heavy atom. The number of nitrogens with zero attached hydrogens (tertiary/aromatic N) is 2. The van der Waals surface area contributed by atoms with Gasteiger partial charge in [-0.25, -0.2) is 17.2 Å². The van der Waals surface area contributed by atoms with Crippen molar-refractivity contribution in [3.8, 4) is 0 Å². The Bertz CT molecular complexity index is 854. The van der Waals surface area contributed by atoms with E-state index in [2.05, 4.69) is 4.90 Å². The van der Waals surface area contributed by atoms with Crippen molar-refractivity contribution in [1.82, 2.24) is 9.21 Å². The molecule has 0 saturated carbocycles. The summed E-state index contributed by atoms with van der Waals surface area (Å²) in [6.45, 7) is 2.69. The molecule has 1 aliphatic rings. The minimum atomic E-state index is -3.67. The van der Waals surface area contributed by atoms with Crippen LogP contribution >= 0.6 is 11.8 Å². The average molecular weight is 399 g/mol. The van der Waals surface area contributed by atoms with Gasteiger partial charge in [-0.05, 0) is 30.3 Å². The van der Waals surface area contributed by atoms with Crippen molar-refractivity contribution in [2.24, 2.45) is 0 Å². The number of hydrogen-bond acceptors (Lipinski definition) is 4. The number of halogens is 2. The lowest BCUT2D eigenvalue weighted by Crippen LogP contribution is -2.49. The predicted octanol–water partition coefficient (Wildman–Crippen LogP) is 3.06. The molecule has 8 heteroatoms. The van der Waals surface area contributed by atoms with Crippen LogP contribution in [0.3, 0.4) is 0 Å². The van der Waals surface area contributed by atoms with E-state index in [4.69, 9.17) is 0 Å². The summed E-state index contributed by atoms with van der Waals surface area (Å²) in [5.74, 6) is -0.0456. The summed E-state index contributed by atoms with van der Waals surface area (Å²) in [4.78, 5) is 2.77. The van der Waals surface area contributed by atoms with Gasteiger partial charge in [-0.3, -0.25) is 4.90 Å². The van der Waals surface area contributed by atoms with E-state index in [0.717, 1.165) is 18.4 Å². The molecule has 0 aliphatic carbocycles. The Morgan fingerprint density at radius 1 is 0.962 bits per heavy atom. The zero-order valence-electron chi connectivity index (χ0n) is 14.1. The lowest BCUT2D eigenvalue weighted by molar-refractivity contribution is 0.197. The van der Waals surface area contributed by atoms with Crippen molar-refractivity contribution >= 4 is 21.8 Å². The first-order valence-corrected chi connectivity index (χ1v) is 10.7. The molecule has 0 bridgehead atoms. The van der Waals surface area contributed by atoms with Gasteiger partial charge in [0, 0.05) is 43.4 Å². The van der Waals surface area contributed by atoms with Gasteiger partial charge in [0.05, 0.1) is 4.90 Å². The van der Waals surface area contributed by atoms with E-state index in [1.165, 1.54) is 40.3 Å². The predicted molar refractivity (Wildman–Crippen MR) is 98.7 cm³/mol. The molecule has 1 fully saturated rings. The van der Waals surface area contributed by atoms with Crippen LogP contribution in [-0.2, 0) is 10.0 Å². The van der Waals surface area contributed by atoms with Crippen molar-refractivity contribution in [3.05, 3.63) is 60.2 Å². The van der Waals surface area contributed by atoms with E-state index in [-0.39, 0.29) is 10.7 Å². The van der Waals surface area contributed by atoms with Gasteiger partial charge in [-0.1, -0.05) is 18.2 Å². The summed E-state index contributed by atoms with van der Waals surface area (Å²) in [7, 11) is -3.67. The summed E-state index contributed by atoms with van der Waals surface area (Å²) in [6, 6.07) is 11.8.